The molecule has 2 rings (SSSR count). The number of hydrogen-bond donors (Lipinski definition) is 1. The number of pyridine rings is 1. The molecule has 1 aromatic heterocycles. The van der Waals surface area contributed by atoms with Gasteiger partial charge in [0.2, 0.25) is 5.88 Å². The average Bonchev–Trinajstić information content (AvgIpc) is 2.30. The van der Waals surface area contributed by atoms with Gasteiger partial charge in [-0.3, -0.25) is 4.79 Å². The van der Waals surface area contributed by atoms with E-state index in [0.29, 0.717) is 22.9 Å². The third-order valence-electron chi connectivity index (χ3n) is 1.98. The van der Waals surface area contributed by atoms with E-state index in [2.05, 4.69) is 4.98 Å². The highest BCUT2D eigenvalue weighted by atomic mass is 16.5. The minimum absolute atomic E-state index is 0.427. The van der Waals surface area contributed by atoms with Crippen molar-refractivity contribution in [2.45, 2.75) is 0 Å². The quantitative estimate of drug-likeness (QED) is 0.628. The minimum atomic E-state index is 0.427. The molecule has 1 aromatic carbocycles. The van der Waals surface area contributed by atoms with Crippen LogP contribution in [0.4, 0.5) is 5.69 Å². The standard InChI is InChI=1S/C12H10N2O2/c13-10-2-1-3-11(6-10)16-12-5-4-9(8-15)7-14-12/h1-8H,13H2. The second-order valence-electron chi connectivity index (χ2n) is 3.22. The fraction of sp³-hybridized carbons (Fsp3) is 0. The number of anilines is 1. The number of hydrogen-bond acceptors (Lipinski definition) is 4. The smallest absolute Gasteiger partial charge is 0.219 e. The van der Waals surface area contributed by atoms with Crippen LogP contribution in [0.15, 0.2) is 42.6 Å². The Morgan fingerprint density at radius 2 is 2.12 bits per heavy atom. The fourth-order valence-corrected chi connectivity index (χ4v) is 1.22. The summed E-state index contributed by atoms with van der Waals surface area (Å²) in [5, 5.41) is 0. The number of rotatable bonds is 3. The van der Waals surface area contributed by atoms with Gasteiger partial charge >= 0.3 is 0 Å². The van der Waals surface area contributed by atoms with Gasteiger partial charge in [-0.05, 0) is 18.2 Å². The normalized spacial score (nSPS) is 9.75. The summed E-state index contributed by atoms with van der Waals surface area (Å²) in [6.45, 7) is 0. The van der Waals surface area contributed by atoms with Crippen LogP contribution in [0, 0.1) is 0 Å². The van der Waals surface area contributed by atoms with Crippen LogP contribution in [-0.2, 0) is 0 Å². The number of carbonyl (C=O) groups excluding carboxylic acids is 1. The molecule has 0 aliphatic carbocycles. The lowest BCUT2D eigenvalue weighted by atomic mass is 10.3. The first-order valence-corrected chi connectivity index (χ1v) is 4.72. The van der Waals surface area contributed by atoms with E-state index in [1.807, 2.05) is 0 Å². The number of aromatic nitrogens is 1. The van der Waals surface area contributed by atoms with Gasteiger partial charge in [0.1, 0.15) is 5.75 Å². The first-order valence-electron chi connectivity index (χ1n) is 4.72. The van der Waals surface area contributed by atoms with Gasteiger partial charge in [-0.2, -0.15) is 0 Å². The Hall–Kier alpha value is -2.36. The number of aldehydes is 1. The molecule has 0 fully saturated rings. The minimum Gasteiger partial charge on any atom is -0.439 e. The van der Waals surface area contributed by atoms with Crippen LogP contribution < -0.4 is 10.5 Å². The summed E-state index contributed by atoms with van der Waals surface area (Å²) in [6, 6.07) is 10.3. The highest BCUT2D eigenvalue weighted by Crippen LogP contribution is 2.20. The summed E-state index contributed by atoms with van der Waals surface area (Å²) in [5.41, 5.74) is 6.75. The topological polar surface area (TPSA) is 65.2 Å². The van der Waals surface area contributed by atoms with E-state index in [1.165, 1.54) is 6.20 Å². The summed E-state index contributed by atoms with van der Waals surface area (Å²) in [5.74, 6) is 1.04. The van der Waals surface area contributed by atoms with Crippen LogP contribution in [0.3, 0.4) is 0 Å². The zero-order valence-electron chi connectivity index (χ0n) is 8.46. The van der Waals surface area contributed by atoms with Crippen LogP contribution in [0.5, 0.6) is 11.6 Å². The van der Waals surface area contributed by atoms with Crippen molar-refractivity contribution in [1.82, 2.24) is 4.98 Å². The third kappa shape index (κ3) is 2.36. The molecular weight excluding hydrogens is 204 g/mol. The van der Waals surface area contributed by atoms with Gasteiger partial charge in [-0.25, -0.2) is 4.98 Å². The van der Waals surface area contributed by atoms with Crippen molar-refractivity contribution < 1.29 is 9.53 Å². The number of ether oxygens (including phenoxy) is 1. The average molecular weight is 214 g/mol. The molecule has 0 unspecified atom stereocenters. The van der Waals surface area contributed by atoms with Gasteiger partial charge in [0.05, 0.1) is 0 Å². The van der Waals surface area contributed by atoms with Crippen LogP contribution in [0.1, 0.15) is 10.4 Å². The predicted octanol–water partition coefficient (Wildman–Crippen LogP) is 2.27. The first kappa shape index (κ1) is 10.2. The second kappa shape index (κ2) is 4.44. The van der Waals surface area contributed by atoms with Crippen molar-refractivity contribution in [2.24, 2.45) is 0 Å². The summed E-state index contributed by atoms with van der Waals surface area (Å²) < 4.78 is 5.45. The Morgan fingerprint density at radius 1 is 1.25 bits per heavy atom. The fourth-order valence-electron chi connectivity index (χ4n) is 1.22. The van der Waals surface area contributed by atoms with E-state index in [0.717, 1.165) is 6.29 Å². The predicted molar refractivity (Wildman–Crippen MR) is 60.6 cm³/mol. The van der Waals surface area contributed by atoms with E-state index < -0.39 is 0 Å². The highest BCUT2D eigenvalue weighted by molar-refractivity contribution is 5.74. The van der Waals surface area contributed by atoms with Crippen molar-refractivity contribution in [3.8, 4) is 11.6 Å². The van der Waals surface area contributed by atoms with E-state index in [-0.39, 0.29) is 0 Å². The Balaban J connectivity index is 2.17. The van der Waals surface area contributed by atoms with Crippen molar-refractivity contribution >= 4 is 12.0 Å². The zero-order chi connectivity index (χ0) is 11.4. The number of nitrogens with two attached hydrogens (primary N) is 1. The molecule has 1 heterocycles. The van der Waals surface area contributed by atoms with Gasteiger partial charge in [-0.15, -0.1) is 0 Å². The van der Waals surface area contributed by atoms with Crippen molar-refractivity contribution in [3.63, 3.8) is 0 Å². The number of nitrogens with zero attached hydrogens (tertiary/aromatic N) is 1. The Kier molecular flexibility index (Phi) is 2.82. The Bertz CT molecular complexity index is 495. The summed E-state index contributed by atoms with van der Waals surface area (Å²) in [7, 11) is 0. The molecule has 0 aliphatic rings. The molecule has 80 valence electrons. The third-order valence-corrected chi connectivity index (χ3v) is 1.98. The molecule has 0 atom stereocenters. The largest absolute Gasteiger partial charge is 0.439 e. The first-order chi connectivity index (χ1) is 7.78. The van der Waals surface area contributed by atoms with Crippen LogP contribution >= 0.6 is 0 Å². The lowest BCUT2D eigenvalue weighted by Gasteiger charge is -2.04. The van der Waals surface area contributed by atoms with E-state index in [9.17, 15) is 4.79 Å². The monoisotopic (exact) mass is 214 g/mol. The Morgan fingerprint density at radius 3 is 2.75 bits per heavy atom. The lowest BCUT2D eigenvalue weighted by Crippen LogP contribution is -1.90. The van der Waals surface area contributed by atoms with Gasteiger partial charge < -0.3 is 10.5 Å². The van der Waals surface area contributed by atoms with Crippen LogP contribution in [0.2, 0.25) is 0 Å². The molecule has 0 aliphatic heterocycles. The molecule has 0 saturated heterocycles. The van der Waals surface area contributed by atoms with Gasteiger partial charge in [-0.1, -0.05) is 6.07 Å². The molecule has 0 radical (unpaired) electrons. The molecule has 4 heteroatoms. The van der Waals surface area contributed by atoms with Crippen LogP contribution in [0.25, 0.3) is 0 Å². The highest BCUT2D eigenvalue weighted by Gasteiger charge is 1.99. The van der Waals surface area contributed by atoms with Crippen LogP contribution in [-0.4, -0.2) is 11.3 Å². The molecule has 16 heavy (non-hydrogen) atoms. The molecule has 0 saturated carbocycles. The lowest BCUT2D eigenvalue weighted by molar-refractivity contribution is 0.112. The summed E-state index contributed by atoms with van der Waals surface area (Å²) >= 11 is 0. The maximum Gasteiger partial charge on any atom is 0.219 e. The van der Waals surface area contributed by atoms with Crippen molar-refractivity contribution in [3.05, 3.63) is 48.2 Å². The van der Waals surface area contributed by atoms with Gasteiger partial charge in [0.25, 0.3) is 0 Å². The Labute approximate surface area is 92.7 Å². The second-order valence-corrected chi connectivity index (χ2v) is 3.22. The number of benzene rings is 1. The van der Waals surface area contributed by atoms with E-state index >= 15 is 0 Å². The van der Waals surface area contributed by atoms with E-state index in [1.54, 1.807) is 36.4 Å². The maximum absolute atomic E-state index is 10.4. The van der Waals surface area contributed by atoms with Crippen molar-refractivity contribution in [2.75, 3.05) is 5.73 Å². The number of carbonyl (C=O) groups is 1. The van der Waals surface area contributed by atoms with E-state index in [4.69, 9.17) is 10.5 Å². The molecule has 0 amide bonds. The SMILES string of the molecule is Nc1cccc(Oc2ccc(C=O)cn2)c1. The molecule has 0 spiro atoms. The molecule has 0 bridgehead atoms. The number of nitrogen functional groups attached to an aromatic ring is 1. The summed E-state index contributed by atoms with van der Waals surface area (Å²) in [4.78, 5) is 14.4. The molecular formula is C12H10N2O2. The summed E-state index contributed by atoms with van der Waals surface area (Å²) in [6.07, 6.45) is 2.19. The molecule has 4 nitrogen and oxygen atoms in total. The van der Waals surface area contributed by atoms with Gasteiger partial charge in [0, 0.05) is 29.6 Å². The zero-order valence-corrected chi connectivity index (χ0v) is 8.46. The molecule has 2 aromatic rings. The maximum atomic E-state index is 10.4. The van der Waals surface area contributed by atoms with Crippen molar-refractivity contribution in [1.29, 1.82) is 0 Å². The molecule has 2 N–H and O–H groups in total. The van der Waals surface area contributed by atoms with Gasteiger partial charge in [0.15, 0.2) is 6.29 Å².